The van der Waals surface area contributed by atoms with Crippen LogP contribution in [0.5, 0.6) is 0 Å². The molecule has 2 nitrogen and oxygen atoms in total. The number of fused-ring (bicyclic) bond motifs is 15. The van der Waals surface area contributed by atoms with Crippen LogP contribution in [-0.4, -0.2) is 4.57 Å². The van der Waals surface area contributed by atoms with E-state index < -0.39 is 5.41 Å². The van der Waals surface area contributed by atoms with Crippen LogP contribution in [-0.2, 0) is 5.41 Å². The van der Waals surface area contributed by atoms with Crippen molar-refractivity contribution in [2.24, 2.45) is 0 Å². The van der Waals surface area contributed by atoms with E-state index in [1.807, 2.05) is 0 Å². The SMILES string of the molecule is C1=CCCC(n2c3ccccc3c3cc(-c4ccc5c(c4)C=Cc4cc6c(cc4N5c4cc(-c5ccccc5)cc(-c5ccccc5)c4)-c4ccccc4C64c5ccccc5-c5ccccc54)ccc32)=C1. The van der Waals surface area contributed by atoms with E-state index in [0.29, 0.717) is 0 Å². The molecule has 2 heterocycles. The average Bonchev–Trinajstić information content (AvgIpc) is 4.00. The lowest BCUT2D eigenvalue weighted by Crippen LogP contribution is -2.26. The molecular formula is C69H46N2. The van der Waals surface area contributed by atoms with Gasteiger partial charge < -0.3 is 9.47 Å². The van der Waals surface area contributed by atoms with E-state index >= 15 is 0 Å². The van der Waals surface area contributed by atoms with Crippen LogP contribution in [0.4, 0.5) is 17.1 Å². The first-order chi connectivity index (χ1) is 35.2. The van der Waals surface area contributed by atoms with Gasteiger partial charge in [-0.05, 0) is 169 Å². The highest BCUT2D eigenvalue weighted by atomic mass is 15.1. The van der Waals surface area contributed by atoms with Crippen LogP contribution in [0.2, 0.25) is 0 Å². The van der Waals surface area contributed by atoms with E-state index in [9.17, 15) is 0 Å². The molecule has 0 atom stereocenters. The van der Waals surface area contributed by atoms with Crippen molar-refractivity contribution in [3.8, 4) is 55.6 Å². The number of allylic oxidation sites excluding steroid dienone is 4. The van der Waals surface area contributed by atoms with Gasteiger partial charge in [0.25, 0.3) is 0 Å². The molecule has 0 saturated heterocycles. The van der Waals surface area contributed by atoms with E-state index in [1.54, 1.807) is 0 Å². The summed E-state index contributed by atoms with van der Waals surface area (Å²) in [4.78, 5) is 2.54. The molecule has 0 N–H and O–H groups in total. The summed E-state index contributed by atoms with van der Waals surface area (Å²) >= 11 is 0. The van der Waals surface area contributed by atoms with Crippen LogP contribution in [0, 0.1) is 0 Å². The molecule has 1 spiro atoms. The summed E-state index contributed by atoms with van der Waals surface area (Å²) in [6.45, 7) is 0. The van der Waals surface area contributed by atoms with E-state index in [0.717, 1.165) is 29.9 Å². The van der Waals surface area contributed by atoms with Crippen molar-refractivity contribution in [1.82, 2.24) is 4.57 Å². The summed E-state index contributed by atoms with van der Waals surface area (Å²) < 4.78 is 2.47. The lowest BCUT2D eigenvalue weighted by Gasteiger charge is -2.32. The lowest BCUT2D eigenvalue weighted by atomic mass is 9.70. The van der Waals surface area contributed by atoms with Crippen LogP contribution in [0.1, 0.15) is 46.2 Å². The van der Waals surface area contributed by atoms with Crippen LogP contribution >= 0.6 is 0 Å². The number of rotatable bonds is 5. The molecule has 0 unspecified atom stereocenters. The third-order valence-electron chi connectivity index (χ3n) is 15.8. The smallest absolute Gasteiger partial charge is 0.0725 e. The minimum Gasteiger partial charge on any atom is -0.313 e. The fourth-order valence-electron chi connectivity index (χ4n) is 12.7. The topological polar surface area (TPSA) is 8.17 Å². The molecule has 0 fully saturated rings. The Morgan fingerprint density at radius 1 is 0.366 bits per heavy atom. The first kappa shape index (κ1) is 40.0. The number of nitrogens with zero attached hydrogens (tertiary/aromatic N) is 2. The predicted molar refractivity (Wildman–Crippen MR) is 298 cm³/mol. The van der Waals surface area contributed by atoms with Gasteiger partial charge in [-0.2, -0.15) is 0 Å². The third-order valence-corrected chi connectivity index (χ3v) is 15.8. The zero-order valence-electron chi connectivity index (χ0n) is 39.1. The third kappa shape index (κ3) is 5.89. The maximum Gasteiger partial charge on any atom is 0.0725 e. The number of anilines is 3. The average molecular weight is 903 g/mol. The number of hydrogen-bond donors (Lipinski definition) is 0. The number of para-hydroxylation sites is 1. The van der Waals surface area contributed by atoms with Crippen LogP contribution < -0.4 is 4.90 Å². The predicted octanol–water partition coefficient (Wildman–Crippen LogP) is 18.3. The Bertz CT molecular complexity index is 4000. The Morgan fingerprint density at radius 3 is 1.59 bits per heavy atom. The van der Waals surface area contributed by atoms with Gasteiger partial charge in [0.2, 0.25) is 0 Å². The van der Waals surface area contributed by atoms with Crippen molar-refractivity contribution in [3.63, 3.8) is 0 Å². The van der Waals surface area contributed by atoms with E-state index in [2.05, 4.69) is 264 Å². The van der Waals surface area contributed by atoms with Crippen molar-refractivity contribution in [2.45, 2.75) is 18.3 Å². The molecule has 0 amide bonds. The number of benzene rings is 10. The van der Waals surface area contributed by atoms with Crippen LogP contribution in [0.15, 0.2) is 243 Å². The Hall–Kier alpha value is -8.98. The van der Waals surface area contributed by atoms with Gasteiger partial charge in [0, 0.05) is 22.2 Å². The van der Waals surface area contributed by atoms with Gasteiger partial charge in [-0.3, -0.25) is 0 Å². The molecule has 0 saturated carbocycles. The monoisotopic (exact) mass is 902 g/mol. The normalized spacial score (nSPS) is 14.4. The Balaban J connectivity index is 0.972. The van der Waals surface area contributed by atoms with Gasteiger partial charge in [-0.25, -0.2) is 0 Å². The van der Waals surface area contributed by atoms with Gasteiger partial charge in [0.15, 0.2) is 0 Å². The first-order valence-electron chi connectivity index (χ1n) is 25.0. The van der Waals surface area contributed by atoms with Crippen LogP contribution in [0.25, 0.3) is 95.3 Å². The zero-order valence-corrected chi connectivity index (χ0v) is 39.1. The molecule has 332 valence electrons. The van der Waals surface area contributed by atoms with Gasteiger partial charge >= 0.3 is 0 Å². The van der Waals surface area contributed by atoms with Crippen molar-refractivity contribution in [1.29, 1.82) is 0 Å². The molecule has 15 rings (SSSR count). The highest BCUT2D eigenvalue weighted by Crippen LogP contribution is 2.64. The molecule has 1 aromatic heterocycles. The fourth-order valence-corrected chi connectivity index (χ4v) is 12.7. The Morgan fingerprint density at radius 2 is 0.930 bits per heavy atom. The zero-order chi connectivity index (χ0) is 46.6. The quantitative estimate of drug-likeness (QED) is 0.167. The van der Waals surface area contributed by atoms with E-state index in [1.165, 1.54) is 117 Å². The summed E-state index contributed by atoms with van der Waals surface area (Å²) in [6, 6.07) is 84.2. The summed E-state index contributed by atoms with van der Waals surface area (Å²) in [6.07, 6.45) is 13.6. The highest BCUT2D eigenvalue weighted by molar-refractivity contribution is 6.11. The van der Waals surface area contributed by atoms with E-state index in [-0.39, 0.29) is 0 Å². The van der Waals surface area contributed by atoms with Crippen molar-refractivity contribution in [2.75, 3.05) is 4.90 Å². The molecule has 4 aliphatic rings. The fraction of sp³-hybridized carbons (Fsp3) is 0.0435. The molecular weight excluding hydrogens is 857 g/mol. The van der Waals surface area contributed by atoms with Gasteiger partial charge in [-0.1, -0.05) is 188 Å². The summed E-state index contributed by atoms with van der Waals surface area (Å²) in [5, 5.41) is 2.56. The maximum atomic E-state index is 2.54. The van der Waals surface area contributed by atoms with Crippen molar-refractivity contribution in [3.05, 3.63) is 276 Å². The molecule has 71 heavy (non-hydrogen) atoms. The maximum absolute atomic E-state index is 2.54. The molecule has 1 aliphatic heterocycles. The van der Waals surface area contributed by atoms with Gasteiger partial charge in [-0.15, -0.1) is 0 Å². The summed E-state index contributed by atoms with van der Waals surface area (Å²) in [7, 11) is 0. The van der Waals surface area contributed by atoms with Crippen molar-refractivity contribution >= 4 is 56.7 Å². The van der Waals surface area contributed by atoms with E-state index in [4.69, 9.17) is 0 Å². The number of aromatic nitrogens is 1. The molecule has 10 aromatic carbocycles. The Labute approximate surface area is 414 Å². The first-order valence-corrected chi connectivity index (χ1v) is 25.0. The lowest BCUT2D eigenvalue weighted by molar-refractivity contribution is 0.793. The minimum atomic E-state index is -0.446. The summed E-state index contributed by atoms with van der Waals surface area (Å²) in [5.41, 5.74) is 26.9. The second kappa shape index (κ2) is 15.5. The minimum absolute atomic E-state index is 0.446. The molecule has 0 bridgehead atoms. The molecule has 2 heteroatoms. The molecule has 3 aliphatic carbocycles. The molecule has 0 radical (unpaired) electrons. The second-order valence-electron chi connectivity index (χ2n) is 19.5. The van der Waals surface area contributed by atoms with Gasteiger partial charge in [0.1, 0.15) is 0 Å². The standard InChI is InChI=1S/C69H46N2/c1-4-18-45(19-5-1)51-39-52(46-20-6-2-7-21-46)41-54(40-51)71-65-36-34-47(48-35-37-67-60(42-48)58-27-13-17-31-66(58)70(67)53-22-8-3-9-23-53)38-49(65)32-33-50-43-64-59(44-68(50)71)57-26-12-16-30-63(57)69(64)61-28-14-10-24-55(61)56-25-11-15-29-62(56)69/h1-8,10-22,24-44H,9,23H2. The van der Waals surface area contributed by atoms with Crippen LogP contribution in [0.3, 0.4) is 0 Å². The Kier molecular flexibility index (Phi) is 8.73. The van der Waals surface area contributed by atoms with Crippen molar-refractivity contribution < 1.29 is 0 Å². The highest BCUT2D eigenvalue weighted by Gasteiger charge is 2.52. The summed E-state index contributed by atoms with van der Waals surface area (Å²) in [5.74, 6) is 0. The number of hydrogen-bond acceptors (Lipinski definition) is 1. The second-order valence-corrected chi connectivity index (χ2v) is 19.5. The van der Waals surface area contributed by atoms with Gasteiger partial charge in [0.05, 0.1) is 27.8 Å². The molecule has 11 aromatic rings. The largest absolute Gasteiger partial charge is 0.313 e.